The van der Waals surface area contributed by atoms with Gasteiger partial charge < -0.3 is 35.3 Å². The van der Waals surface area contributed by atoms with E-state index in [1.165, 1.54) is 6.33 Å². The van der Waals surface area contributed by atoms with E-state index in [4.69, 9.17) is 22.7 Å². The third kappa shape index (κ3) is 4.96. The van der Waals surface area contributed by atoms with Crippen LogP contribution in [-0.4, -0.2) is 53.3 Å². The molecule has 1 fully saturated rings. The van der Waals surface area contributed by atoms with E-state index >= 15 is 0 Å². The third-order valence-electron chi connectivity index (χ3n) is 8.02. The summed E-state index contributed by atoms with van der Waals surface area (Å²) in [6, 6.07) is 30.1. The molecule has 6 N–H and O–H groups in total. The number of hydrogen-bond donors (Lipinski definition) is 5. The highest BCUT2D eigenvalue weighted by Crippen LogP contribution is 2.51. The first-order chi connectivity index (χ1) is 19.8. The van der Waals surface area contributed by atoms with Gasteiger partial charge in [-0.25, -0.2) is 4.98 Å². The molecule has 0 aliphatic carbocycles. The van der Waals surface area contributed by atoms with Crippen molar-refractivity contribution in [3.63, 3.8) is 0 Å². The second-order valence-electron chi connectivity index (χ2n) is 10.8. The minimum Gasteiger partial charge on any atom is -0.390 e. The number of nitrogens with two attached hydrogens (primary N) is 1. The number of hydrogen-bond acceptors (Lipinski definition) is 7. The highest BCUT2D eigenvalue weighted by atomic mass is 32.1. The highest BCUT2D eigenvalue weighted by Gasteiger charge is 2.67. The Labute approximate surface area is 242 Å². The van der Waals surface area contributed by atoms with Crippen molar-refractivity contribution in [2.24, 2.45) is 0 Å². The number of aliphatic hydroxyl groups is 3. The van der Waals surface area contributed by atoms with Gasteiger partial charge in [0.1, 0.15) is 33.3 Å². The molecule has 0 radical (unpaired) electrons. The molecule has 0 amide bonds. The van der Waals surface area contributed by atoms with Crippen LogP contribution < -0.4 is 5.73 Å². The van der Waals surface area contributed by atoms with Gasteiger partial charge in [-0.3, -0.25) is 0 Å². The van der Waals surface area contributed by atoms with Crippen LogP contribution in [0.5, 0.6) is 0 Å². The van der Waals surface area contributed by atoms with Crippen molar-refractivity contribution < 1.29 is 20.1 Å². The van der Waals surface area contributed by atoms with Crippen molar-refractivity contribution in [2.75, 3.05) is 5.73 Å². The predicted molar refractivity (Wildman–Crippen MR) is 160 cm³/mol. The normalized spacial score (nSPS) is 25.0. The summed E-state index contributed by atoms with van der Waals surface area (Å²) in [6.07, 6.45) is -1.59. The molecule has 41 heavy (non-hydrogen) atoms. The minimum absolute atomic E-state index is 0.0407. The van der Waals surface area contributed by atoms with Crippen molar-refractivity contribution in [1.82, 2.24) is 14.5 Å². The molecule has 0 bridgehead atoms. The monoisotopic (exact) mass is 568 g/mol. The van der Waals surface area contributed by atoms with E-state index in [1.54, 1.807) is 10.6 Å². The van der Waals surface area contributed by atoms with E-state index in [1.807, 2.05) is 91.0 Å². The first-order valence-electron chi connectivity index (χ1n) is 13.5. The Hall–Kier alpha value is -3.86. The first kappa shape index (κ1) is 27.3. The smallest absolute Gasteiger partial charge is 0.168 e. The number of nitrogens with one attached hydrogen (secondary N) is 1. The Kier molecular flexibility index (Phi) is 7.23. The summed E-state index contributed by atoms with van der Waals surface area (Å²) in [6.45, 7) is 0. The summed E-state index contributed by atoms with van der Waals surface area (Å²) in [5, 5.41) is 37.3. The minimum atomic E-state index is -1.91. The Morgan fingerprint density at radius 3 is 2.00 bits per heavy atom. The van der Waals surface area contributed by atoms with Crippen LogP contribution in [0.3, 0.4) is 0 Å². The molecule has 5 atom stereocenters. The Bertz CT molecular complexity index is 1700. The van der Waals surface area contributed by atoms with Gasteiger partial charge in [0.2, 0.25) is 0 Å². The summed E-state index contributed by atoms with van der Waals surface area (Å²) in [5.74, 6) is 0.328. The lowest BCUT2D eigenvalue weighted by atomic mass is 9.71. The number of H-pyrrole nitrogens is 1. The largest absolute Gasteiger partial charge is 0.390 e. The quantitative estimate of drug-likeness (QED) is 0.178. The number of imidazole rings is 1. The fourth-order valence-electron chi connectivity index (χ4n) is 6.05. The summed E-state index contributed by atoms with van der Waals surface area (Å²) >= 11 is 5.46. The number of aromatic nitrogens is 3. The zero-order valence-corrected chi connectivity index (χ0v) is 23.1. The van der Waals surface area contributed by atoms with Crippen molar-refractivity contribution in [2.45, 2.75) is 48.9 Å². The van der Waals surface area contributed by atoms with Gasteiger partial charge in [0.05, 0.1) is 17.9 Å². The maximum absolute atomic E-state index is 12.8. The molecule has 2 aromatic heterocycles. The molecular weight excluding hydrogens is 536 g/mol. The van der Waals surface area contributed by atoms with Gasteiger partial charge in [0.25, 0.3) is 0 Å². The zero-order chi connectivity index (χ0) is 28.6. The van der Waals surface area contributed by atoms with E-state index in [0.29, 0.717) is 21.5 Å². The lowest BCUT2D eigenvalue weighted by Gasteiger charge is -2.42. The number of rotatable bonds is 8. The number of nitrogen functional groups attached to an aromatic ring is 1. The van der Waals surface area contributed by atoms with Gasteiger partial charge in [0, 0.05) is 25.3 Å². The topological polar surface area (TPSA) is 130 Å². The van der Waals surface area contributed by atoms with E-state index in [0.717, 1.165) is 16.7 Å². The number of fused-ring (bicyclic) bond motifs is 1. The number of anilines is 1. The molecule has 0 spiro atoms. The summed E-state index contributed by atoms with van der Waals surface area (Å²) in [7, 11) is 0. The van der Waals surface area contributed by atoms with Crippen molar-refractivity contribution in [3.05, 3.63) is 125 Å². The second-order valence-corrected chi connectivity index (χ2v) is 11.2. The Morgan fingerprint density at radius 1 is 0.878 bits per heavy atom. The van der Waals surface area contributed by atoms with Crippen LogP contribution in [0.4, 0.5) is 5.82 Å². The van der Waals surface area contributed by atoms with E-state index < -0.39 is 29.6 Å². The van der Waals surface area contributed by atoms with Crippen LogP contribution in [0, 0.1) is 4.64 Å². The summed E-state index contributed by atoms with van der Waals surface area (Å²) in [5.41, 5.74) is 5.79. The van der Waals surface area contributed by atoms with Crippen LogP contribution in [0.1, 0.15) is 22.9 Å². The molecule has 5 aromatic rings. The second kappa shape index (κ2) is 10.8. The molecule has 1 unspecified atom stereocenters. The molecule has 1 saturated heterocycles. The van der Waals surface area contributed by atoms with Gasteiger partial charge in [-0.2, -0.15) is 0 Å². The Balaban J connectivity index is 1.53. The molecular formula is C32H32N4O4S. The van der Waals surface area contributed by atoms with Gasteiger partial charge in [-0.1, -0.05) is 103 Å². The molecule has 1 aliphatic rings. The maximum Gasteiger partial charge on any atom is 0.168 e. The van der Waals surface area contributed by atoms with Crippen molar-refractivity contribution in [3.8, 4) is 0 Å². The number of ether oxygens (including phenoxy) is 1. The highest BCUT2D eigenvalue weighted by molar-refractivity contribution is 7.71. The lowest BCUT2D eigenvalue weighted by molar-refractivity contribution is -0.160. The third-order valence-corrected chi connectivity index (χ3v) is 8.32. The standard InChI is InChI=1S/C32H32N4O4S/c33-26-17-24-27(29(41)35-26)34-20-36(24)30-32(39,19-23-14-8-3-9-15-23)31(38,18-22-12-6-2-7-13-22)28(40-30)25(37)16-21-10-4-1-5-11-21/h1-15,17,20,25,28,30,37-39H,16,18-19H2,(H3,33,35,41)/t25?,28-,30-,31-,32-/m1/s1. The SMILES string of the molecule is Nc1cc2c(ncn2[C@@H]2O[C@H](C(O)Cc3ccccc3)[C@](O)(Cc3ccccc3)[C@@]2(O)Cc2ccccc2)c(=S)[nH]1. The molecule has 3 aromatic carbocycles. The average Bonchev–Trinajstić information content (AvgIpc) is 3.47. The zero-order valence-electron chi connectivity index (χ0n) is 22.3. The number of benzene rings is 3. The lowest BCUT2D eigenvalue weighted by Crippen LogP contribution is -2.62. The molecule has 3 heterocycles. The molecule has 1 aliphatic heterocycles. The fraction of sp³-hybridized carbons (Fsp3) is 0.250. The van der Waals surface area contributed by atoms with Crippen LogP contribution in [0.2, 0.25) is 0 Å². The number of aliphatic hydroxyl groups excluding tert-OH is 1. The molecule has 210 valence electrons. The van der Waals surface area contributed by atoms with Gasteiger partial charge in [-0.05, 0) is 16.7 Å². The summed E-state index contributed by atoms with van der Waals surface area (Å²) in [4.78, 5) is 7.39. The van der Waals surface area contributed by atoms with Gasteiger partial charge in [-0.15, -0.1) is 0 Å². The molecule has 0 saturated carbocycles. The van der Waals surface area contributed by atoms with Crippen LogP contribution in [0.15, 0.2) is 103 Å². The fourth-order valence-corrected chi connectivity index (χ4v) is 6.32. The molecule has 9 heteroatoms. The van der Waals surface area contributed by atoms with Gasteiger partial charge in [0.15, 0.2) is 6.23 Å². The van der Waals surface area contributed by atoms with Crippen molar-refractivity contribution in [1.29, 1.82) is 0 Å². The molecule has 8 nitrogen and oxygen atoms in total. The van der Waals surface area contributed by atoms with Gasteiger partial charge >= 0.3 is 0 Å². The van der Waals surface area contributed by atoms with Crippen LogP contribution >= 0.6 is 12.2 Å². The predicted octanol–water partition coefficient (Wildman–Crippen LogP) is 4.12. The molecule has 6 rings (SSSR count). The maximum atomic E-state index is 12.8. The van der Waals surface area contributed by atoms with E-state index in [2.05, 4.69) is 9.97 Å². The average molecular weight is 569 g/mol. The number of aromatic amines is 1. The Morgan fingerprint density at radius 2 is 1.41 bits per heavy atom. The summed E-state index contributed by atoms with van der Waals surface area (Å²) < 4.78 is 8.60. The van der Waals surface area contributed by atoms with Crippen molar-refractivity contribution >= 4 is 29.1 Å². The van der Waals surface area contributed by atoms with E-state index in [9.17, 15) is 15.3 Å². The van der Waals surface area contributed by atoms with E-state index in [-0.39, 0.29) is 19.3 Å². The number of nitrogens with zero attached hydrogens (tertiary/aromatic N) is 2. The van der Waals surface area contributed by atoms with Crippen LogP contribution in [0.25, 0.3) is 11.0 Å². The number of pyridine rings is 1. The first-order valence-corrected chi connectivity index (χ1v) is 13.9. The van der Waals surface area contributed by atoms with Crippen LogP contribution in [-0.2, 0) is 24.0 Å².